The number of esters is 1. The molecule has 7 heteroatoms. The summed E-state index contributed by atoms with van der Waals surface area (Å²) in [5.41, 5.74) is 1.95. The van der Waals surface area contributed by atoms with Gasteiger partial charge in [0.2, 0.25) is 0 Å². The van der Waals surface area contributed by atoms with Crippen molar-refractivity contribution in [3.8, 4) is 0 Å². The molecule has 3 aromatic rings. The summed E-state index contributed by atoms with van der Waals surface area (Å²) in [6, 6.07) is 11.9. The first-order valence-electron chi connectivity index (χ1n) is 8.33. The van der Waals surface area contributed by atoms with E-state index in [0.29, 0.717) is 0 Å². The van der Waals surface area contributed by atoms with Crippen LogP contribution in [0.2, 0.25) is 5.02 Å². The average molecular weight is 389 g/mol. The number of carbonyl (C=O) groups excluding carboxylic acids is 2. The Morgan fingerprint density at radius 2 is 1.96 bits per heavy atom. The fourth-order valence-corrected chi connectivity index (χ4v) is 2.97. The number of H-pyrrole nitrogens is 1. The quantitative estimate of drug-likeness (QED) is 0.655. The molecule has 0 aliphatic carbocycles. The van der Waals surface area contributed by atoms with Crippen LogP contribution in [-0.2, 0) is 27.3 Å². The standard InChI is InChI=1S/C20H18ClFN2O3/c1-24(11-15-16(21)6-4-7-17(15)22)19(25)12-27-20(26)9-13-10-23-18-8-3-2-5-14(13)18/h2-8,10,23H,9,11-12H2,1H3. The number of ether oxygens (including phenoxy) is 1. The lowest BCUT2D eigenvalue weighted by Crippen LogP contribution is -2.31. The number of para-hydroxylation sites is 1. The highest BCUT2D eigenvalue weighted by atomic mass is 35.5. The number of likely N-dealkylation sites (N-methyl/N-ethyl adjacent to an activating group) is 1. The molecule has 27 heavy (non-hydrogen) atoms. The van der Waals surface area contributed by atoms with Gasteiger partial charge in [0, 0.05) is 41.3 Å². The molecule has 0 aliphatic rings. The smallest absolute Gasteiger partial charge is 0.310 e. The van der Waals surface area contributed by atoms with Crippen LogP contribution in [0.4, 0.5) is 4.39 Å². The second-order valence-electron chi connectivity index (χ2n) is 6.15. The lowest BCUT2D eigenvalue weighted by atomic mass is 10.1. The highest BCUT2D eigenvalue weighted by Crippen LogP contribution is 2.21. The summed E-state index contributed by atoms with van der Waals surface area (Å²) in [5, 5.41) is 1.18. The number of amides is 1. The molecular formula is C20H18ClFN2O3. The Labute approximate surface area is 160 Å². The summed E-state index contributed by atoms with van der Waals surface area (Å²) >= 11 is 5.97. The minimum Gasteiger partial charge on any atom is -0.455 e. The van der Waals surface area contributed by atoms with Crippen LogP contribution in [0, 0.1) is 5.82 Å². The summed E-state index contributed by atoms with van der Waals surface area (Å²) in [4.78, 5) is 28.6. The summed E-state index contributed by atoms with van der Waals surface area (Å²) in [6.07, 6.45) is 1.81. The topological polar surface area (TPSA) is 62.4 Å². The van der Waals surface area contributed by atoms with Gasteiger partial charge in [0.05, 0.1) is 6.42 Å². The number of aromatic amines is 1. The fourth-order valence-electron chi connectivity index (χ4n) is 2.75. The van der Waals surface area contributed by atoms with E-state index in [4.69, 9.17) is 16.3 Å². The number of nitrogens with one attached hydrogen (secondary N) is 1. The number of carbonyl (C=O) groups is 2. The first-order chi connectivity index (χ1) is 13.0. The normalized spacial score (nSPS) is 10.8. The molecule has 0 fully saturated rings. The lowest BCUT2D eigenvalue weighted by Gasteiger charge is -2.18. The number of halogens is 2. The zero-order valence-electron chi connectivity index (χ0n) is 14.7. The molecule has 1 heterocycles. The third-order valence-corrected chi connectivity index (χ3v) is 4.60. The van der Waals surface area contributed by atoms with Crippen LogP contribution in [0.25, 0.3) is 10.9 Å². The van der Waals surface area contributed by atoms with Crippen molar-refractivity contribution in [2.45, 2.75) is 13.0 Å². The molecule has 1 amide bonds. The van der Waals surface area contributed by atoms with Crippen LogP contribution in [0.1, 0.15) is 11.1 Å². The number of fused-ring (bicyclic) bond motifs is 1. The van der Waals surface area contributed by atoms with E-state index in [2.05, 4.69) is 4.98 Å². The Balaban J connectivity index is 1.54. The van der Waals surface area contributed by atoms with Crippen molar-refractivity contribution in [2.24, 2.45) is 0 Å². The Morgan fingerprint density at radius 1 is 1.19 bits per heavy atom. The van der Waals surface area contributed by atoms with Gasteiger partial charge in [0.15, 0.2) is 6.61 Å². The third kappa shape index (κ3) is 4.46. The van der Waals surface area contributed by atoms with Gasteiger partial charge in [-0.2, -0.15) is 0 Å². The first-order valence-corrected chi connectivity index (χ1v) is 8.71. The van der Waals surface area contributed by atoms with E-state index < -0.39 is 24.3 Å². The maximum Gasteiger partial charge on any atom is 0.310 e. The second kappa shape index (κ2) is 8.22. The molecule has 0 saturated carbocycles. The predicted molar refractivity (Wildman–Crippen MR) is 101 cm³/mol. The molecule has 0 saturated heterocycles. The average Bonchev–Trinajstić information content (AvgIpc) is 3.05. The lowest BCUT2D eigenvalue weighted by molar-refractivity contribution is -0.151. The molecule has 0 unspecified atom stereocenters. The number of nitrogens with zero attached hydrogens (tertiary/aromatic N) is 1. The van der Waals surface area contributed by atoms with Crippen LogP contribution in [0.15, 0.2) is 48.7 Å². The molecule has 0 aliphatic heterocycles. The zero-order valence-corrected chi connectivity index (χ0v) is 15.4. The van der Waals surface area contributed by atoms with Crippen molar-refractivity contribution in [2.75, 3.05) is 13.7 Å². The van der Waals surface area contributed by atoms with Crippen molar-refractivity contribution >= 4 is 34.4 Å². The van der Waals surface area contributed by atoms with E-state index in [9.17, 15) is 14.0 Å². The van der Waals surface area contributed by atoms with Crippen LogP contribution in [-0.4, -0.2) is 35.4 Å². The molecule has 0 bridgehead atoms. The number of hydrogen-bond acceptors (Lipinski definition) is 3. The molecule has 1 N–H and O–H groups in total. The number of aromatic nitrogens is 1. The molecule has 1 aromatic heterocycles. The fraction of sp³-hybridized carbons (Fsp3) is 0.200. The molecule has 140 valence electrons. The maximum atomic E-state index is 13.8. The van der Waals surface area contributed by atoms with Gasteiger partial charge in [0.1, 0.15) is 5.82 Å². The Morgan fingerprint density at radius 3 is 2.74 bits per heavy atom. The molecule has 0 spiro atoms. The Bertz CT molecular complexity index is 966. The third-order valence-electron chi connectivity index (χ3n) is 4.25. The SMILES string of the molecule is CN(Cc1c(F)cccc1Cl)C(=O)COC(=O)Cc1c[nH]c2ccccc12. The van der Waals surface area contributed by atoms with E-state index in [1.165, 1.54) is 24.1 Å². The van der Waals surface area contributed by atoms with E-state index in [-0.39, 0.29) is 23.6 Å². The maximum absolute atomic E-state index is 13.8. The molecule has 0 atom stereocenters. The molecule has 2 aromatic carbocycles. The molecule has 3 rings (SSSR count). The minimum absolute atomic E-state index is 0.00958. The van der Waals surface area contributed by atoms with Gasteiger partial charge >= 0.3 is 5.97 Å². The largest absolute Gasteiger partial charge is 0.455 e. The summed E-state index contributed by atoms with van der Waals surface area (Å²) in [7, 11) is 1.50. The van der Waals surface area contributed by atoms with Crippen molar-refractivity contribution in [3.05, 3.63) is 70.6 Å². The van der Waals surface area contributed by atoms with Crippen LogP contribution >= 0.6 is 11.6 Å². The minimum atomic E-state index is -0.509. The van der Waals surface area contributed by atoms with Crippen molar-refractivity contribution in [1.82, 2.24) is 9.88 Å². The van der Waals surface area contributed by atoms with Crippen LogP contribution in [0.5, 0.6) is 0 Å². The Kier molecular flexibility index (Phi) is 5.76. The predicted octanol–water partition coefficient (Wildman–Crippen LogP) is 3.70. The monoisotopic (exact) mass is 388 g/mol. The number of rotatable bonds is 6. The van der Waals surface area contributed by atoms with E-state index >= 15 is 0 Å². The molecular weight excluding hydrogens is 371 g/mol. The van der Waals surface area contributed by atoms with Gasteiger partial charge in [-0.25, -0.2) is 4.39 Å². The summed E-state index contributed by atoms with van der Waals surface area (Å²) < 4.78 is 18.9. The highest BCUT2D eigenvalue weighted by Gasteiger charge is 2.17. The van der Waals surface area contributed by atoms with Gasteiger partial charge in [-0.05, 0) is 23.8 Å². The second-order valence-corrected chi connectivity index (χ2v) is 6.55. The van der Waals surface area contributed by atoms with Crippen LogP contribution < -0.4 is 0 Å². The van der Waals surface area contributed by atoms with Gasteiger partial charge in [-0.15, -0.1) is 0 Å². The number of hydrogen-bond donors (Lipinski definition) is 1. The van der Waals surface area contributed by atoms with Gasteiger partial charge in [0.25, 0.3) is 5.91 Å². The Hall–Kier alpha value is -2.86. The summed E-state index contributed by atoms with van der Waals surface area (Å²) in [6.45, 7) is -0.423. The zero-order chi connectivity index (χ0) is 19.4. The van der Waals surface area contributed by atoms with Crippen molar-refractivity contribution in [1.29, 1.82) is 0 Å². The molecule has 5 nitrogen and oxygen atoms in total. The highest BCUT2D eigenvalue weighted by molar-refractivity contribution is 6.31. The van der Waals surface area contributed by atoms with Crippen LogP contribution in [0.3, 0.4) is 0 Å². The van der Waals surface area contributed by atoms with E-state index in [0.717, 1.165) is 16.5 Å². The van der Waals surface area contributed by atoms with E-state index in [1.54, 1.807) is 12.3 Å². The first kappa shape index (κ1) is 18.9. The van der Waals surface area contributed by atoms with E-state index in [1.807, 2.05) is 24.3 Å². The number of benzene rings is 2. The van der Waals surface area contributed by atoms with Crippen molar-refractivity contribution in [3.63, 3.8) is 0 Å². The summed E-state index contributed by atoms with van der Waals surface area (Å²) in [5.74, 6) is -1.44. The molecule has 0 radical (unpaired) electrons. The van der Waals surface area contributed by atoms with Gasteiger partial charge in [-0.1, -0.05) is 35.9 Å². The van der Waals surface area contributed by atoms with Gasteiger partial charge < -0.3 is 14.6 Å². The van der Waals surface area contributed by atoms with Crippen molar-refractivity contribution < 1.29 is 18.7 Å². The van der Waals surface area contributed by atoms with Gasteiger partial charge in [-0.3, -0.25) is 9.59 Å².